The molecule has 1 heterocycles. The maximum Gasteiger partial charge on any atom is 0.414 e. The minimum Gasteiger partial charge on any atom is -0.450 e. The summed E-state index contributed by atoms with van der Waals surface area (Å²) in [6.45, 7) is 4.92. The zero-order valence-electron chi connectivity index (χ0n) is 16.0. The number of nitrogens with zero attached hydrogens (tertiary/aromatic N) is 2. The third-order valence-corrected chi connectivity index (χ3v) is 5.04. The molecule has 1 aromatic heterocycles. The van der Waals surface area contributed by atoms with E-state index in [1.165, 1.54) is 0 Å². The van der Waals surface area contributed by atoms with Crippen molar-refractivity contribution in [2.45, 2.75) is 20.8 Å². The Hall–Kier alpha value is -3.87. The fraction of sp³-hybridized carbons (Fsp3) is 0.235. The number of alkyl carbamates (subject to hydrolysis) is 1. The van der Waals surface area contributed by atoms with E-state index < -0.39 is 39.1 Å². The number of hydrogen-bond acceptors (Lipinski definition) is 9. The molecule has 13 heteroatoms. The van der Waals surface area contributed by atoms with Crippen molar-refractivity contribution in [1.29, 1.82) is 0 Å². The number of nitro benzene ring substituents is 2. The second-order valence-electron chi connectivity index (χ2n) is 5.87. The highest BCUT2D eigenvalue weighted by Crippen LogP contribution is 2.33. The van der Waals surface area contributed by atoms with E-state index in [-0.39, 0.29) is 22.7 Å². The predicted octanol–water partition coefficient (Wildman–Crippen LogP) is 3.32. The summed E-state index contributed by atoms with van der Waals surface area (Å²) in [5.74, 6) is -1.70. The number of nitrogens with one attached hydrogen (secondary N) is 2. The molecule has 0 aliphatic heterocycles. The zero-order valence-corrected chi connectivity index (χ0v) is 16.8. The smallest absolute Gasteiger partial charge is 0.414 e. The van der Waals surface area contributed by atoms with Gasteiger partial charge in [-0.15, -0.1) is 11.3 Å². The number of anilines is 1. The summed E-state index contributed by atoms with van der Waals surface area (Å²) < 4.78 is 4.66. The molecule has 0 bridgehead atoms. The number of rotatable bonds is 6. The number of nitro groups is 2. The van der Waals surface area contributed by atoms with Crippen LogP contribution in [0, 0.1) is 34.1 Å². The van der Waals surface area contributed by atoms with Gasteiger partial charge in [-0.3, -0.25) is 35.1 Å². The van der Waals surface area contributed by atoms with E-state index in [4.69, 9.17) is 0 Å². The van der Waals surface area contributed by atoms with Gasteiger partial charge in [0.2, 0.25) is 0 Å². The molecule has 1 aromatic carbocycles. The average molecular weight is 436 g/mol. The van der Waals surface area contributed by atoms with Gasteiger partial charge in [0.1, 0.15) is 5.00 Å². The maximum absolute atomic E-state index is 12.6. The fourth-order valence-electron chi connectivity index (χ4n) is 2.42. The minimum atomic E-state index is -0.961. The predicted molar refractivity (Wildman–Crippen MR) is 106 cm³/mol. The molecular formula is C17H16N4O8S. The Kier molecular flexibility index (Phi) is 6.79. The number of ether oxygens (including phenoxy) is 1. The number of carbonyl (C=O) groups is 3. The lowest BCUT2D eigenvalue weighted by Crippen LogP contribution is -2.32. The molecule has 12 nitrogen and oxygen atoms in total. The van der Waals surface area contributed by atoms with E-state index in [1.807, 2.05) is 5.32 Å². The van der Waals surface area contributed by atoms with E-state index >= 15 is 0 Å². The van der Waals surface area contributed by atoms with Crippen molar-refractivity contribution in [3.05, 3.63) is 60.0 Å². The summed E-state index contributed by atoms with van der Waals surface area (Å²) in [7, 11) is 0. The quantitative estimate of drug-likeness (QED) is 0.513. The standard InChI is InChI=1S/C17H16N4O8S/c1-4-29-17(24)19-15(23)13-8(2)9(3)30-16(13)18-14(22)10-5-11(20(25)26)7-12(6-10)21(27)28/h5-7H,4H2,1-3H3,(H,18,22)(H,19,23,24). The van der Waals surface area contributed by atoms with Crippen molar-refractivity contribution in [1.82, 2.24) is 5.32 Å². The van der Waals surface area contributed by atoms with Gasteiger partial charge in [0, 0.05) is 17.0 Å². The molecule has 30 heavy (non-hydrogen) atoms. The molecule has 0 radical (unpaired) electrons. The first-order valence-electron chi connectivity index (χ1n) is 8.38. The lowest BCUT2D eigenvalue weighted by atomic mass is 10.1. The molecule has 2 N–H and O–H groups in total. The highest BCUT2D eigenvalue weighted by molar-refractivity contribution is 7.16. The zero-order chi connectivity index (χ0) is 22.6. The van der Waals surface area contributed by atoms with Crippen molar-refractivity contribution < 1.29 is 29.0 Å². The maximum atomic E-state index is 12.6. The Bertz CT molecular complexity index is 1030. The van der Waals surface area contributed by atoms with Gasteiger partial charge in [0.15, 0.2) is 0 Å². The Morgan fingerprint density at radius 2 is 1.60 bits per heavy atom. The number of aryl methyl sites for hydroxylation is 1. The topological polar surface area (TPSA) is 171 Å². The van der Waals surface area contributed by atoms with Gasteiger partial charge >= 0.3 is 6.09 Å². The summed E-state index contributed by atoms with van der Waals surface area (Å²) in [4.78, 5) is 57.6. The molecule has 0 spiro atoms. The van der Waals surface area contributed by atoms with E-state index in [1.54, 1.807) is 20.8 Å². The molecule has 0 saturated carbocycles. The van der Waals surface area contributed by atoms with E-state index in [0.717, 1.165) is 29.5 Å². The number of thiophene rings is 1. The minimum absolute atomic E-state index is 0.0128. The van der Waals surface area contributed by atoms with Gasteiger partial charge in [-0.25, -0.2) is 4.79 Å². The van der Waals surface area contributed by atoms with Crippen LogP contribution in [0.4, 0.5) is 21.2 Å². The van der Waals surface area contributed by atoms with Crippen LogP contribution in [0.2, 0.25) is 0 Å². The number of non-ortho nitro benzene ring substituents is 2. The van der Waals surface area contributed by atoms with Crippen LogP contribution in [0.5, 0.6) is 0 Å². The van der Waals surface area contributed by atoms with Gasteiger partial charge in [-0.05, 0) is 26.3 Å². The molecule has 0 unspecified atom stereocenters. The van der Waals surface area contributed by atoms with E-state index in [9.17, 15) is 34.6 Å². The molecule has 2 rings (SSSR count). The summed E-state index contributed by atoms with van der Waals surface area (Å²) in [6.07, 6.45) is -0.961. The molecule has 158 valence electrons. The molecule has 0 fully saturated rings. The van der Waals surface area contributed by atoms with E-state index in [0.29, 0.717) is 10.4 Å². The first-order valence-corrected chi connectivity index (χ1v) is 9.20. The van der Waals surface area contributed by atoms with Gasteiger partial charge in [0.05, 0.1) is 33.6 Å². The first-order chi connectivity index (χ1) is 14.0. The fourth-order valence-corrected chi connectivity index (χ4v) is 3.48. The molecule has 3 amide bonds. The van der Waals surface area contributed by atoms with Crippen LogP contribution in [0.1, 0.15) is 38.1 Å². The Balaban J connectivity index is 2.39. The molecule has 0 atom stereocenters. The Morgan fingerprint density at radius 3 is 2.10 bits per heavy atom. The Labute approximate surface area is 173 Å². The second-order valence-corrected chi connectivity index (χ2v) is 7.09. The lowest BCUT2D eigenvalue weighted by molar-refractivity contribution is -0.394. The first kappa shape index (κ1) is 22.4. The van der Waals surface area contributed by atoms with Crippen LogP contribution >= 0.6 is 11.3 Å². The van der Waals surface area contributed by atoms with Crippen molar-refractivity contribution in [3.8, 4) is 0 Å². The van der Waals surface area contributed by atoms with Crippen LogP contribution in [0.25, 0.3) is 0 Å². The third-order valence-electron chi connectivity index (χ3n) is 3.92. The van der Waals surface area contributed by atoms with Gasteiger partial charge in [-0.1, -0.05) is 0 Å². The summed E-state index contributed by atoms with van der Waals surface area (Å²) in [5, 5.41) is 26.6. The largest absolute Gasteiger partial charge is 0.450 e. The number of amides is 3. The Morgan fingerprint density at radius 1 is 1.03 bits per heavy atom. The van der Waals surface area contributed by atoms with Crippen molar-refractivity contribution in [2.24, 2.45) is 0 Å². The van der Waals surface area contributed by atoms with Crippen LogP contribution in [0.15, 0.2) is 18.2 Å². The van der Waals surface area contributed by atoms with Crippen molar-refractivity contribution >= 4 is 45.6 Å². The normalized spacial score (nSPS) is 10.2. The summed E-state index contributed by atoms with van der Waals surface area (Å²) in [5.41, 5.74) is -1.08. The number of hydrogen-bond donors (Lipinski definition) is 2. The number of imide groups is 1. The highest BCUT2D eigenvalue weighted by atomic mass is 32.1. The molecule has 0 aliphatic rings. The van der Waals surface area contributed by atoms with Crippen molar-refractivity contribution in [2.75, 3.05) is 11.9 Å². The van der Waals surface area contributed by atoms with Gasteiger partial charge < -0.3 is 10.1 Å². The lowest BCUT2D eigenvalue weighted by Gasteiger charge is -2.08. The molecule has 0 aliphatic carbocycles. The van der Waals surface area contributed by atoms with Crippen LogP contribution in [0.3, 0.4) is 0 Å². The molecule has 0 saturated heterocycles. The van der Waals surface area contributed by atoms with E-state index in [2.05, 4.69) is 10.1 Å². The van der Waals surface area contributed by atoms with Crippen LogP contribution < -0.4 is 10.6 Å². The summed E-state index contributed by atoms with van der Waals surface area (Å²) in [6, 6.07) is 2.50. The number of carbonyl (C=O) groups excluding carboxylic acids is 3. The van der Waals surface area contributed by atoms with Gasteiger partial charge in [-0.2, -0.15) is 0 Å². The monoisotopic (exact) mass is 436 g/mol. The molecule has 2 aromatic rings. The second kappa shape index (κ2) is 9.09. The van der Waals surface area contributed by atoms with Gasteiger partial charge in [0.25, 0.3) is 23.2 Å². The van der Waals surface area contributed by atoms with Crippen molar-refractivity contribution in [3.63, 3.8) is 0 Å². The highest BCUT2D eigenvalue weighted by Gasteiger charge is 2.25. The summed E-state index contributed by atoms with van der Waals surface area (Å²) >= 11 is 1.04. The average Bonchev–Trinajstić information content (AvgIpc) is 2.94. The third kappa shape index (κ3) is 4.94. The number of benzene rings is 1. The van der Waals surface area contributed by atoms with Crippen LogP contribution in [-0.4, -0.2) is 34.4 Å². The SMILES string of the molecule is CCOC(=O)NC(=O)c1c(NC(=O)c2cc([N+](=O)[O-])cc([N+](=O)[O-])c2)sc(C)c1C. The molecular weight excluding hydrogens is 420 g/mol. The van der Waals surface area contributed by atoms with Crippen LogP contribution in [-0.2, 0) is 4.74 Å².